The fourth-order valence-electron chi connectivity index (χ4n) is 2.27. The van der Waals surface area contributed by atoms with Crippen molar-refractivity contribution in [3.63, 3.8) is 0 Å². The molecule has 0 aliphatic rings. The van der Waals surface area contributed by atoms with Crippen LogP contribution >= 0.6 is 0 Å². The summed E-state index contributed by atoms with van der Waals surface area (Å²) < 4.78 is 4.97. The molecule has 3 nitrogen and oxygen atoms in total. The molecule has 2 aromatic rings. The van der Waals surface area contributed by atoms with E-state index in [9.17, 15) is 9.59 Å². The number of hydrogen-bond donors (Lipinski definition) is 0. The number of hydrogen-bond acceptors (Lipinski definition) is 3. The Labute approximate surface area is 130 Å². The summed E-state index contributed by atoms with van der Waals surface area (Å²) in [5.74, 6) is 0.229. The Morgan fingerprint density at radius 1 is 0.909 bits per heavy atom. The Morgan fingerprint density at radius 2 is 1.50 bits per heavy atom. The number of rotatable bonds is 6. The first-order chi connectivity index (χ1) is 10.6. The zero-order valence-corrected chi connectivity index (χ0v) is 13.0. The number of benzene rings is 2. The highest BCUT2D eigenvalue weighted by molar-refractivity contribution is 5.97. The van der Waals surface area contributed by atoms with Crippen LogP contribution in [0.25, 0.3) is 0 Å². The number of carbonyl (C=O) groups excluding carboxylic acids is 2. The second-order valence-electron chi connectivity index (χ2n) is 5.28. The van der Waals surface area contributed by atoms with Crippen molar-refractivity contribution in [3.05, 3.63) is 65.2 Å². The van der Waals surface area contributed by atoms with Gasteiger partial charge in [0.2, 0.25) is 0 Å². The van der Waals surface area contributed by atoms with Gasteiger partial charge in [-0.3, -0.25) is 9.59 Å². The Hall–Kier alpha value is -2.42. The number of carbonyl (C=O) groups is 2. The number of ketones is 1. The van der Waals surface area contributed by atoms with Gasteiger partial charge >= 0.3 is 5.97 Å². The average Bonchev–Trinajstić information content (AvgIpc) is 2.50. The van der Waals surface area contributed by atoms with Crippen molar-refractivity contribution in [1.82, 2.24) is 0 Å². The molecule has 0 aliphatic carbocycles. The summed E-state index contributed by atoms with van der Waals surface area (Å²) in [5, 5.41) is 0. The van der Waals surface area contributed by atoms with E-state index in [4.69, 9.17) is 4.74 Å². The van der Waals surface area contributed by atoms with Crippen LogP contribution in [0, 0.1) is 0 Å². The number of Topliss-reactive ketones (excluding diaryl/α,β-unsaturated/α-hetero) is 1. The van der Waals surface area contributed by atoms with E-state index in [1.807, 2.05) is 36.4 Å². The van der Waals surface area contributed by atoms with Crippen LogP contribution < -0.4 is 4.74 Å². The first-order valence-corrected chi connectivity index (χ1v) is 7.48. The Bertz CT molecular complexity index is 639. The van der Waals surface area contributed by atoms with Gasteiger partial charge < -0.3 is 4.74 Å². The standard InChI is InChI=1S/C19H20O3/c1-3-4-15-5-9-17(10-6-15)19(21)13-16-7-11-18(12-8-16)22-14(2)20/h5-12H,3-4,13H2,1-2H3. The van der Waals surface area contributed by atoms with Crippen molar-refractivity contribution < 1.29 is 14.3 Å². The maximum atomic E-state index is 12.3. The second-order valence-corrected chi connectivity index (χ2v) is 5.28. The molecule has 0 aliphatic heterocycles. The van der Waals surface area contributed by atoms with E-state index in [0.29, 0.717) is 12.2 Å². The van der Waals surface area contributed by atoms with Crippen LogP contribution in [0.3, 0.4) is 0 Å². The quantitative estimate of drug-likeness (QED) is 0.460. The van der Waals surface area contributed by atoms with Gasteiger partial charge in [0.1, 0.15) is 5.75 Å². The van der Waals surface area contributed by atoms with Gasteiger partial charge in [-0.2, -0.15) is 0 Å². The maximum Gasteiger partial charge on any atom is 0.308 e. The molecule has 2 aromatic carbocycles. The van der Waals surface area contributed by atoms with Crippen molar-refractivity contribution in [1.29, 1.82) is 0 Å². The largest absolute Gasteiger partial charge is 0.427 e. The second kappa shape index (κ2) is 7.55. The van der Waals surface area contributed by atoms with Gasteiger partial charge in [-0.1, -0.05) is 49.7 Å². The van der Waals surface area contributed by atoms with Crippen molar-refractivity contribution in [3.8, 4) is 5.75 Å². The molecule has 114 valence electrons. The van der Waals surface area contributed by atoms with Gasteiger partial charge in [0, 0.05) is 18.9 Å². The van der Waals surface area contributed by atoms with Crippen LogP contribution in [0.1, 0.15) is 41.8 Å². The van der Waals surface area contributed by atoms with Crippen LogP contribution in [0.2, 0.25) is 0 Å². The minimum absolute atomic E-state index is 0.0864. The number of esters is 1. The predicted molar refractivity (Wildman–Crippen MR) is 86.2 cm³/mol. The summed E-state index contributed by atoms with van der Waals surface area (Å²) >= 11 is 0. The van der Waals surface area contributed by atoms with E-state index in [0.717, 1.165) is 24.0 Å². The molecule has 0 atom stereocenters. The molecule has 0 aromatic heterocycles. The first-order valence-electron chi connectivity index (χ1n) is 7.48. The summed E-state index contributed by atoms with van der Waals surface area (Å²) in [5.41, 5.74) is 2.88. The van der Waals surface area contributed by atoms with E-state index in [1.165, 1.54) is 12.5 Å². The fourth-order valence-corrected chi connectivity index (χ4v) is 2.27. The van der Waals surface area contributed by atoms with E-state index < -0.39 is 0 Å². The molecular weight excluding hydrogens is 276 g/mol. The summed E-state index contributed by atoms with van der Waals surface area (Å²) in [6.45, 7) is 3.50. The van der Waals surface area contributed by atoms with Crippen molar-refractivity contribution in [2.75, 3.05) is 0 Å². The fraction of sp³-hybridized carbons (Fsp3) is 0.263. The van der Waals surface area contributed by atoms with Crippen LogP contribution in [0.4, 0.5) is 0 Å². The minimum atomic E-state index is -0.351. The van der Waals surface area contributed by atoms with E-state index in [2.05, 4.69) is 6.92 Å². The van der Waals surface area contributed by atoms with Crippen LogP contribution in [-0.4, -0.2) is 11.8 Å². The summed E-state index contributed by atoms with van der Waals surface area (Å²) in [6, 6.07) is 14.8. The topological polar surface area (TPSA) is 43.4 Å². The monoisotopic (exact) mass is 296 g/mol. The normalized spacial score (nSPS) is 10.3. The van der Waals surface area contributed by atoms with Crippen LogP contribution in [0.5, 0.6) is 5.75 Å². The first kappa shape index (κ1) is 16.0. The van der Waals surface area contributed by atoms with Crippen molar-refractivity contribution >= 4 is 11.8 Å². The minimum Gasteiger partial charge on any atom is -0.427 e. The molecule has 0 saturated carbocycles. The molecule has 0 bridgehead atoms. The lowest BCUT2D eigenvalue weighted by Gasteiger charge is -2.05. The number of ether oxygens (including phenoxy) is 1. The van der Waals surface area contributed by atoms with Crippen LogP contribution in [-0.2, 0) is 17.6 Å². The molecule has 0 fully saturated rings. The number of aryl methyl sites for hydroxylation is 1. The van der Waals surface area contributed by atoms with Crippen LogP contribution in [0.15, 0.2) is 48.5 Å². The molecule has 0 radical (unpaired) electrons. The smallest absolute Gasteiger partial charge is 0.308 e. The summed E-state index contributed by atoms with van der Waals surface area (Å²) in [6.07, 6.45) is 2.47. The Morgan fingerprint density at radius 3 is 2.05 bits per heavy atom. The van der Waals surface area contributed by atoms with Gasteiger partial charge in [-0.15, -0.1) is 0 Å². The van der Waals surface area contributed by atoms with Gasteiger partial charge in [-0.25, -0.2) is 0 Å². The van der Waals surface area contributed by atoms with E-state index in [1.54, 1.807) is 12.1 Å². The SMILES string of the molecule is CCCc1ccc(C(=O)Cc2ccc(OC(C)=O)cc2)cc1. The summed E-state index contributed by atoms with van der Waals surface area (Å²) in [7, 11) is 0. The molecule has 0 heterocycles. The predicted octanol–water partition coefficient (Wildman–Crippen LogP) is 3.99. The molecule has 0 amide bonds. The van der Waals surface area contributed by atoms with Gasteiger partial charge in [0.15, 0.2) is 5.78 Å². The third-order valence-corrected chi connectivity index (χ3v) is 3.36. The average molecular weight is 296 g/mol. The van der Waals surface area contributed by atoms with E-state index in [-0.39, 0.29) is 11.8 Å². The molecule has 2 rings (SSSR count). The highest BCUT2D eigenvalue weighted by Crippen LogP contribution is 2.15. The third kappa shape index (κ3) is 4.55. The third-order valence-electron chi connectivity index (χ3n) is 3.36. The van der Waals surface area contributed by atoms with Gasteiger partial charge in [0.25, 0.3) is 0 Å². The zero-order chi connectivity index (χ0) is 15.9. The van der Waals surface area contributed by atoms with Crippen molar-refractivity contribution in [2.45, 2.75) is 33.1 Å². The maximum absolute atomic E-state index is 12.3. The summed E-state index contributed by atoms with van der Waals surface area (Å²) in [4.78, 5) is 23.1. The zero-order valence-electron chi connectivity index (χ0n) is 13.0. The highest BCUT2D eigenvalue weighted by Gasteiger charge is 2.07. The van der Waals surface area contributed by atoms with Gasteiger partial charge in [0.05, 0.1) is 0 Å². The van der Waals surface area contributed by atoms with Crippen molar-refractivity contribution in [2.24, 2.45) is 0 Å². The Balaban J connectivity index is 2.00. The molecule has 3 heteroatoms. The lowest BCUT2D eigenvalue weighted by Crippen LogP contribution is -2.04. The molecule has 0 saturated heterocycles. The lowest BCUT2D eigenvalue weighted by atomic mass is 10.0. The van der Waals surface area contributed by atoms with Gasteiger partial charge in [-0.05, 0) is 29.7 Å². The Kier molecular flexibility index (Phi) is 5.48. The molecule has 0 spiro atoms. The van der Waals surface area contributed by atoms with E-state index >= 15 is 0 Å². The lowest BCUT2D eigenvalue weighted by molar-refractivity contribution is -0.131. The molecular formula is C19H20O3. The molecule has 0 unspecified atom stereocenters. The molecule has 0 N–H and O–H groups in total. The highest BCUT2D eigenvalue weighted by atomic mass is 16.5. The molecule has 22 heavy (non-hydrogen) atoms.